The van der Waals surface area contributed by atoms with Gasteiger partial charge in [-0.2, -0.15) is 5.10 Å². The van der Waals surface area contributed by atoms with E-state index in [2.05, 4.69) is 17.5 Å². The van der Waals surface area contributed by atoms with Gasteiger partial charge in [0.1, 0.15) is 11.6 Å². The van der Waals surface area contributed by atoms with Crippen LogP contribution in [0.5, 0.6) is 5.75 Å². The van der Waals surface area contributed by atoms with Crippen molar-refractivity contribution in [2.24, 2.45) is 5.10 Å². The highest BCUT2D eigenvalue weighted by Gasteiger charge is 2.13. The van der Waals surface area contributed by atoms with Crippen LogP contribution in [0.3, 0.4) is 0 Å². The molecular formula is C18H19FN2O2. The molecule has 0 aliphatic heterocycles. The second kappa shape index (κ2) is 8.08. The van der Waals surface area contributed by atoms with Gasteiger partial charge in [-0.05, 0) is 37.1 Å². The van der Waals surface area contributed by atoms with Crippen LogP contribution in [-0.2, 0) is 11.2 Å². The maximum absolute atomic E-state index is 13.4. The second-order valence-corrected chi connectivity index (χ2v) is 5.01. The monoisotopic (exact) mass is 314 g/mol. The Kier molecular flexibility index (Phi) is 5.86. The van der Waals surface area contributed by atoms with Gasteiger partial charge in [-0.1, -0.05) is 37.3 Å². The third-order valence-corrected chi connectivity index (χ3v) is 3.30. The van der Waals surface area contributed by atoms with Crippen LogP contribution in [0.2, 0.25) is 0 Å². The predicted octanol–water partition coefficient (Wildman–Crippen LogP) is 3.31. The number of aryl methyl sites for hydroxylation is 1. The quantitative estimate of drug-likeness (QED) is 0.657. The molecule has 0 aliphatic carbocycles. The molecule has 2 aromatic rings. The van der Waals surface area contributed by atoms with Crippen LogP contribution < -0.4 is 10.2 Å². The average molecular weight is 314 g/mol. The van der Waals surface area contributed by atoms with Gasteiger partial charge < -0.3 is 4.74 Å². The molecular weight excluding hydrogens is 295 g/mol. The van der Waals surface area contributed by atoms with Gasteiger partial charge in [0.15, 0.2) is 6.10 Å². The van der Waals surface area contributed by atoms with Gasteiger partial charge in [0.25, 0.3) is 5.91 Å². The van der Waals surface area contributed by atoms with Crippen LogP contribution in [0.1, 0.15) is 25.0 Å². The molecule has 4 nitrogen and oxygen atoms in total. The molecule has 1 amide bonds. The Morgan fingerprint density at radius 3 is 2.61 bits per heavy atom. The fraction of sp³-hybridized carbons (Fsp3) is 0.222. The van der Waals surface area contributed by atoms with E-state index in [4.69, 9.17) is 4.74 Å². The van der Waals surface area contributed by atoms with Crippen molar-refractivity contribution in [2.45, 2.75) is 26.4 Å². The molecule has 2 aromatic carbocycles. The van der Waals surface area contributed by atoms with E-state index in [1.54, 1.807) is 25.1 Å². The van der Waals surface area contributed by atoms with Crippen LogP contribution in [0, 0.1) is 5.82 Å². The Balaban J connectivity index is 1.88. The van der Waals surface area contributed by atoms with Crippen molar-refractivity contribution in [1.29, 1.82) is 0 Å². The highest BCUT2D eigenvalue weighted by atomic mass is 19.1. The number of halogens is 1. The van der Waals surface area contributed by atoms with Crippen LogP contribution in [-0.4, -0.2) is 18.2 Å². The van der Waals surface area contributed by atoms with Crippen molar-refractivity contribution in [3.63, 3.8) is 0 Å². The van der Waals surface area contributed by atoms with Gasteiger partial charge in [-0.15, -0.1) is 0 Å². The Hall–Kier alpha value is -2.69. The third-order valence-electron chi connectivity index (χ3n) is 3.30. The van der Waals surface area contributed by atoms with Gasteiger partial charge in [0.05, 0.1) is 6.21 Å². The predicted molar refractivity (Wildman–Crippen MR) is 88.0 cm³/mol. The number of hydrogen-bond donors (Lipinski definition) is 1. The van der Waals surface area contributed by atoms with Crippen molar-refractivity contribution < 1.29 is 13.9 Å². The summed E-state index contributed by atoms with van der Waals surface area (Å²) in [7, 11) is 0. The molecule has 0 saturated carbocycles. The van der Waals surface area contributed by atoms with Gasteiger partial charge in [-0.3, -0.25) is 4.79 Å². The topological polar surface area (TPSA) is 50.7 Å². The van der Waals surface area contributed by atoms with E-state index in [9.17, 15) is 9.18 Å². The van der Waals surface area contributed by atoms with Crippen molar-refractivity contribution in [2.75, 3.05) is 0 Å². The number of nitrogens with zero attached hydrogens (tertiary/aromatic N) is 1. The first-order valence-electron chi connectivity index (χ1n) is 7.43. The van der Waals surface area contributed by atoms with Crippen molar-refractivity contribution in [3.8, 4) is 5.75 Å². The number of ether oxygens (including phenoxy) is 1. The van der Waals surface area contributed by atoms with E-state index in [0.29, 0.717) is 11.3 Å². The molecule has 0 saturated heterocycles. The molecule has 0 aliphatic rings. The van der Waals surface area contributed by atoms with E-state index >= 15 is 0 Å². The molecule has 2 rings (SSSR count). The molecule has 1 N–H and O–H groups in total. The highest BCUT2D eigenvalue weighted by molar-refractivity contribution is 5.84. The molecule has 1 atom stereocenters. The van der Waals surface area contributed by atoms with Crippen molar-refractivity contribution in [3.05, 3.63) is 65.5 Å². The van der Waals surface area contributed by atoms with E-state index in [-0.39, 0.29) is 0 Å². The van der Waals surface area contributed by atoms with E-state index in [1.165, 1.54) is 17.8 Å². The summed E-state index contributed by atoms with van der Waals surface area (Å²) in [4.78, 5) is 11.9. The standard InChI is InChI=1S/C18H19FN2O2/c1-3-14-8-10-16(11-9-14)23-13(2)18(22)21-20-12-15-6-4-5-7-17(15)19/h4-13H,3H2,1-2H3,(H,21,22)/b20-12+. The van der Waals surface area contributed by atoms with Crippen LogP contribution in [0.25, 0.3) is 0 Å². The normalized spacial score (nSPS) is 12.1. The first-order valence-corrected chi connectivity index (χ1v) is 7.43. The molecule has 0 radical (unpaired) electrons. The lowest BCUT2D eigenvalue weighted by Gasteiger charge is -2.13. The van der Waals surface area contributed by atoms with Crippen LogP contribution >= 0.6 is 0 Å². The fourth-order valence-corrected chi connectivity index (χ4v) is 1.90. The van der Waals surface area contributed by atoms with E-state index in [1.807, 2.05) is 24.3 Å². The van der Waals surface area contributed by atoms with Crippen molar-refractivity contribution >= 4 is 12.1 Å². The molecule has 23 heavy (non-hydrogen) atoms. The first kappa shape index (κ1) is 16.7. The zero-order valence-electron chi connectivity index (χ0n) is 13.1. The number of nitrogens with one attached hydrogen (secondary N) is 1. The molecule has 5 heteroatoms. The minimum absolute atomic E-state index is 0.302. The number of carbonyl (C=O) groups excluding carboxylic acids is 1. The zero-order valence-corrected chi connectivity index (χ0v) is 13.1. The Morgan fingerprint density at radius 2 is 1.96 bits per heavy atom. The van der Waals surface area contributed by atoms with Gasteiger partial charge in [-0.25, -0.2) is 9.82 Å². The first-order chi connectivity index (χ1) is 11.1. The lowest BCUT2D eigenvalue weighted by molar-refractivity contribution is -0.127. The number of rotatable bonds is 6. The minimum Gasteiger partial charge on any atom is -0.481 e. The second-order valence-electron chi connectivity index (χ2n) is 5.01. The molecule has 0 spiro atoms. The number of benzene rings is 2. The summed E-state index contributed by atoms with van der Waals surface area (Å²) < 4.78 is 18.9. The highest BCUT2D eigenvalue weighted by Crippen LogP contribution is 2.14. The lowest BCUT2D eigenvalue weighted by atomic mass is 10.2. The van der Waals surface area contributed by atoms with Crippen molar-refractivity contribution in [1.82, 2.24) is 5.43 Å². The summed E-state index contributed by atoms with van der Waals surface area (Å²) in [5, 5.41) is 3.75. The maximum Gasteiger partial charge on any atom is 0.280 e. The zero-order chi connectivity index (χ0) is 16.7. The largest absolute Gasteiger partial charge is 0.481 e. The van der Waals surface area contributed by atoms with E-state index < -0.39 is 17.8 Å². The Bertz CT molecular complexity index is 684. The number of amides is 1. The Morgan fingerprint density at radius 1 is 1.26 bits per heavy atom. The smallest absolute Gasteiger partial charge is 0.280 e. The van der Waals surface area contributed by atoms with Gasteiger partial charge in [0, 0.05) is 5.56 Å². The summed E-state index contributed by atoms with van der Waals surface area (Å²) >= 11 is 0. The fourth-order valence-electron chi connectivity index (χ4n) is 1.90. The van der Waals surface area contributed by atoms with Crippen LogP contribution in [0.4, 0.5) is 4.39 Å². The number of hydrazone groups is 1. The number of carbonyl (C=O) groups is 1. The molecule has 1 unspecified atom stereocenters. The van der Waals surface area contributed by atoms with Gasteiger partial charge >= 0.3 is 0 Å². The minimum atomic E-state index is -0.708. The molecule has 0 aromatic heterocycles. The summed E-state index contributed by atoms with van der Waals surface area (Å²) in [6.07, 6.45) is 1.50. The van der Waals surface area contributed by atoms with Crippen LogP contribution in [0.15, 0.2) is 53.6 Å². The van der Waals surface area contributed by atoms with Gasteiger partial charge in [0.2, 0.25) is 0 Å². The maximum atomic E-state index is 13.4. The molecule has 0 bridgehead atoms. The summed E-state index contributed by atoms with van der Waals surface area (Å²) in [6.45, 7) is 3.70. The Labute approximate surface area is 135 Å². The average Bonchev–Trinajstić information content (AvgIpc) is 2.57. The third kappa shape index (κ3) is 4.92. The molecule has 120 valence electrons. The number of hydrogen-bond acceptors (Lipinski definition) is 3. The lowest BCUT2D eigenvalue weighted by Crippen LogP contribution is -2.33. The summed E-state index contributed by atoms with van der Waals surface area (Å²) in [5.41, 5.74) is 3.84. The summed E-state index contributed by atoms with van der Waals surface area (Å²) in [6, 6.07) is 13.7. The SMILES string of the molecule is CCc1ccc(OC(C)C(=O)N/N=C/c2ccccc2F)cc1. The molecule has 0 fully saturated rings. The molecule has 0 heterocycles. The summed E-state index contributed by atoms with van der Waals surface area (Å²) in [5.74, 6) is -0.189. The van der Waals surface area contributed by atoms with E-state index in [0.717, 1.165) is 6.42 Å².